The third-order valence-corrected chi connectivity index (χ3v) is 2.59. The molecule has 0 aromatic carbocycles. The van der Waals surface area contributed by atoms with Crippen molar-refractivity contribution in [2.75, 3.05) is 0 Å². The maximum Gasteiger partial charge on any atom is 0.408 e. The SMILES string of the molecule is CC(C)(C)OC(=O)N[C@@H](CC1=CCCC1)C(=O)O. The number of carbonyl (C=O) groups is 2. The number of nitrogens with one attached hydrogen (secondary N) is 1. The monoisotopic (exact) mass is 255 g/mol. The molecule has 0 saturated carbocycles. The Morgan fingerprint density at radius 1 is 1.50 bits per heavy atom. The number of ether oxygens (including phenoxy) is 1. The minimum atomic E-state index is -1.03. The van der Waals surface area contributed by atoms with Crippen molar-refractivity contribution in [1.29, 1.82) is 0 Å². The van der Waals surface area contributed by atoms with Gasteiger partial charge in [-0.1, -0.05) is 11.6 Å². The van der Waals surface area contributed by atoms with Gasteiger partial charge in [-0.05, 0) is 46.5 Å². The average Bonchev–Trinajstić information content (AvgIpc) is 2.66. The van der Waals surface area contributed by atoms with E-state index in [0.717, 1.165) is 24.8 Å². The minimum Gasteiger partial charge on any atom is -0.480 e. The molecule has 5 nitrogen and oxygen atoms in total. The molecule has 0 spiro atoms. The molecule has 0 aliphatic heterocycles. The molecule has 0 heterocycles. The summed E-state index contributed by atoms with van der Waals surface area (Å²) in [4.78, 5) is 22.6. The van der Waals surface area contributed by atoms with E-state index in [2.05, 4.69) is 5.32 Å². The van der Waals surface area contributed by atoms with Crippen LogP contribution in [0.15, 0.2) is 11.6 Å². The minimum absolute atomic E-state index is 0.356. The van der Waals surface area contributed by atoms with Gasteiger partial charge < -0.3 is 15.2 Å². The molecule has 0 aromatic heterocycles. The molecular formula is C13H21NO4. The number of allylic oxidation sites excluding steroid dienone is 1. The van der Waals surface area contributed by atoms with Gasteiger partial charge in [0.2, 0.25) is 0 Å². The predicted octanol–water partition coefficient (Wildman–Crippen LogP) is 2.46. The van der Waals surface area contributed by atoms with Gasteiger partial charge in [-0.15, -0.1) is 0 Å². The van der Waals surface area contributed by atoms with Gasteiger partial charge in [-0.25, -0.2) is 9.59 Å². The highest BCUT2D eigenvalue weighted by Gasteiger charge is 2.25. The molecule has 1 aliphatic carbocycles. The summed E-state index contributed by atoms with van der Waals surface area (Å²) in [5.74, 6) is -1.03. The maximum atomic E-state index is 11.5. The summed E-state index contributed by atoms with van der Waals surface area (Å²) in [6.45, 7) is 5.21. The van der Waals surface area contributed by atoms with Gasteiger partial charge in [-0.3, -0.25) is 0 Å². The standard InChI is InChI=1S/C13H21NO4/c1-13(2,3)18-12(17)14-10(11(15)16)8-9-6-4-5-7-9/h6,10H,4-5,7-8H2,1-3H3,(H,14,17)(H,15,16)/t10-/m0/s1. The number of aliphatic carboxylic acids is 1. The van der Waals surface area contributed by atoms with Gasteiger partial charge in [0.05, 0.1) is 0 Å². The molecule has 18 heavy (non-hydrogen) atoms. The van der Waals surface area contributed by atoms with Gasteiger partial charge in [0.25, 0.3) is 0 Å². The van der Waals surface area contributed by atoms with Crippen LogP contribution in [-0.2, 0) is 9.53 Å². The van der Waals surface area contributed by atoms with E-state index in [9.17, 15) is 9.59 Å². The molecule has 1 amide bonds. The molecule has 1 rings (SSSR count). The quantitative estimate of drug-likeness (QED) is 0.757. The van der Waals surface area contributed by atoms with Crippen LogP contribution >= 0.6 is 0 Å². The molecule has 0 unspecified atom stereocenters. The first-order valence-electron chi connectivity index (χ1n) is 6.18. The fourth-order valence-corrected chi connectivity index (χ4v) is 1.83. The Kier molecular flexibility index (Phi) is 4.76. The predicted molar refractivity (Wildman–Crippen MR) is 67.3 cm³/mol. The lowest BCUT2D eigenvalue weighted by Gasteiger charge is -2.22. The smallest absolute Gasteiger partial charge is 0.408 e. The average molecular weight is 255 g/mol. The van der Waals surface area contributed by atoms with Crippen molar-refractivity contribution < 1.29 is 19.4 Å². The first kappa shape index (κ1) is 14.5. The number of carboxylic acids is 1. The molecule has 2 N–H and O–H groups in total. The second-order valence-electron chi connectivity index (χ2n) is 5.50. The normalized spacial score (nSPS) is 16.9. The van der Waals surface area contributed by atoms with Crippen molar-refractivity contribution in [2.24, 2.45) is 0 Å². The van der Waals surface area contributed by atoms with Crippen LogP contribution in [0.2, 0.25) is 0 Å². The Morgan fingerprint density at radius 3 is 2.61 bits per heavy atom. The van der Waals surface area contributed by atoms with Crippen molar-refractivity contribution in [3.8, 4) is 0 Å². The number of hydrogen-bond donors (Lipinski definition) is 2. The van der Waals surface area contributed by atoms with Crippen molar-refractivity contribution >= 4 is 12.1 Å². The lowest BCUT2D eigenvalue weighted by Crippen LogP contribution is -2.43. The Morgan fingerprint density at radius 2 is 2.17 bits per heavy atom. The summed E-state index contributed by atoms with van der Waals surface area (Å²) in [7, 11) is 0. The van der Waals surface area contributed by atoms with Gasteiger partial charge >= 0.3 is 12.1 Å². The molecule has 5 heteroatoms. The molecule has 0 saturated heterocycles. The fraction of sp³-hybridized carbons (Fsp3) is 0.692. The van der Waals surface area contributed by atoms with Crippen LogP contribution in [-0.4, -0.2) is 28.8 Å². The molecule has 0 radical (unpaired) electrons. The van der Waals surface area contributed by atoms with E-state index in [4.69, 9.17) is 9.84 Å². The maximum absolute atomic E-state index is 11.5. The van der Waals surface area contributed by atoms with Crippen LogP contribution in [0.25, 0.3) is 0 Å². The third-order valence-electron chi connectivity index (χ3n) is 2.59. The van der Waals surface area contributed by atoms with Crippen molar-refractivity contribution in [3.05, 3.63) is 11.6 Å². The molecule has 0 aromatic rings. The van der Waals surface area contributed by atoms with Crippen LogP contribution in [0.1, 0.15) is 46.5 Å². The van der Waals surface area contributed by atoms with Gasteiger partial charge in [0.15, 0.2) is 0 Å². The number of hydrogen-bond acceptors (Lipinski definition) is 3. The zero-order chi connectivity index (χ0) is 13.8. The van der Waals surface area contributed by atoms with E-state index in [0.29, 0.717) is 6.42 Å². The Hall–Kier alpha value is -1.52. The summed E-state index contributed by atoms with van der Waals surface area (Å²) < 4.78 is 5.05. The summed E-state index contributed by atoms with van der Waals surface area (Å²) in [5.41, 5.74) is 0.471. The van der Waals surface area contributed by atoms with E-state index in [-0.39, 0.29) is 0 Å². The van der Waals surface area contributed by atoms with Gasteiger partial charge in [0.1, 0.15) is 11.6 Å². The lowest BCUT2D eigenvalue weighted by atomic mass is 10.1. The summed E-state index contributed by atoms with van der Waals surface area (Å²) in [6.07, 6.45) is 4.69. The van der Waals surface area contributed by atoms with Crippen LogP contribution in [0.5, 0.6) is 0 Å². The van der Waals surface area contributed by atoms with E-state index < -0.39 is 23.7 Å². The Labute approximate surface area is 107 Å². The third kappa shape index (κ3) is 5.21. The summed E-state index contributed by atoms with van der Waals surface area (Å²) in [6, 6.07) is -0.913. The van der Waals surface area contributed by atoms with Crippen LogP contribution < -0.4 is 5.32 Å². The van der Waals surface area contributed by atoms with Crippen molar-refractivity contribution in [3.63, 3.8) is 0 Å². The fourth-order valence-electron chi connectivity index (χ4n) is 1.83. The first-order valence-corrected chi connectivity index (χ1v) is 6.18. The van der Waals surface area contributed by atoms with Crippen LogP contribution in [0, 0.1) is 0 Å². The Balaban J connectivity index is 2.52. The van der Waals surface area contributed by atoms with E-state index in [1.165, 1.54) is 0 Å². The highest BCUT2D eigenvalue weighted by Crippen LogP contribution is 2.22. The van der Waals surface area contributed by atoms with E-state index >= 15 is 0 Å². The van der Waals surface area contributed by atoms with Crippen LogP contribution in [0.4, 0.5) is 4.79 Å². The zero-order valence-corrected chi connectivity index (χ0v) is 11.2. The molecule has 1 atom stereocenters. The largest absolute Gasteiger partial charge is 0.480 e. The number of carboxylic acid groups (broad SMARTS) is 1. The van der Waals surface area contributed by atoms with Gasteiger partial charge in [0, 0.05) is 0 Å². The molecular weight excluding hydrogens is 234 g/mol. The Bertz CT molecular complexity index is 354. The van der Waals surface area contributed by atoms with Crippen LogP contribution in [0.3, 0.4) is 0 Å². The second kappa shape index (κ2) is 5.89. The summed E-state index contributed by atoms with van der Waals surface area (Å²) >= 11 is 0. The number of amides is 1. The molecule has 1 aliphatic rings. The van der Waals surface area contributed by atoms with E-state index in [1.54, 1.807) is 20.8 Å². The number of rotatable bonds is 4. The number of alkyl carbamates (subject to hydrolysis) is 1. The zero-order valence-electron chi connectivity index (χ0n) is 11.2. The highest BCUT2D eigenvalue weighted by atomic mass is 16.6. The second-order valence-corrected chi connectivity index (χ2v) is 5.50. The lowest BCUT2D eigenvalue weighted by molar-refractivity contribution is -0.139. The molecule has 0 bridgehead atoms. The van der Waals surface area contributed by atoms with E-state index in [1.807, 2.05) is 6.08 Å². The molecule has 102 valence electrons. The molecule has 0 fully saturated rings. The van der Waals surface area contributed by atoms with Crippen molar-refractivity contribution in [2.45, 2.75) is 58.1 Å². The van der Waals surface area contributed by atoms with Crippen molar-refractivity contribution in [1.82, 2.24) is 5.32 Å². The first-order chi connectivity index (χ1) is 8.28. The highest BCUT2D eigenvalue weighted by molar-refractivity contribution is 5.80. The number of carbonyl (C=O) groups excluding carboxylic acids is 1. The topological polar surface area (TPSA) is 75.6 Å². The summed E-state index contributed by atoms with van der Waals surface area (Å²) in [5, 5.41) is 11.5. The van der Waals surface area contributed by atoms with Gasteiger partial charge in [-0.2, -0.15) is 0 Å².